The van der Waals surface area contributed by atoms with E-state index in [4.69, 9.17) is 4.52 Å². The van der Waals surface area contributed by atoms with Crippen LogP contribution in [0.15, 0.2) is 51.2 Å². The quantitative estimate of drug-likeness (QED) is 0.606. The molecule has 0 fully saturated rings. The molecule has 3 heterocycles. The maximum Gasteiger partial charge on any atom is 0.269 e. The Morgan fingerprint density at radius 1 is 1.21 bits per heavy atom. The number of thiophene rings is 1. The van der Waals surface area contributed by atoms with Crippen molar-refractivity contribution in [2.24, 2.45) is 0 Å². The monoisotopic (exact) mass is 432 g/mol. The Morgan fingerprint density at radius 2 is 2.03 bits per heavy atom. The lowest BCUT2D eigenvalue weighted by molar-refractivity contribution is -0.121. The highest BCUT2D eigenvalue weighted by molar-refractivity contribution is 7.90. The van der Waals surface area contributed by atoms with Crippen LogP contribution in [0.4, 0.5) is 0 Å². The Bertz CT molecular complexity index is 1150. The van der Waals surface area contributed by atoms with Gasteiger partial charge in [-0.2, -0.15) is 4.98 Å². The zero-order valence-corrected chi connectivity index (χ0v) is 16.7. The molecule has 2 amide bonds. The van der Waals surface area contributed by atoms with Crippen LogP contribution in [0.3, 0.4) is 0 Å². The van der Waals surface area contributed by atoms with Gasteiger partial charge in [0, 0.05) is 13.0 Å². The van der Waals surface area contributed by atoms with E-state index in [1.54, 1.807) is 12.1 Å². The summed E-state index contributed by atoms with van der Waals surface area (Å²) in [5.41, 5.74) is 0.162. The van der Waals surface area contributed by atoms with Crippen molar-refractivity contribution < 1.29 is 22.5 Å². The molecule has 0 unspecified atom stereocenters. The summed E-state index contributed by atoms with van der Waals surface area (Å²) >= 11 is 1.48. The second kappa shape index (κ2) is 7.76. The molecule has 0 radical (unpaired) electrons. The Kier molecular flexibility index (Phi) is 5.16. The maximum atomic E-state index is 12.5. The number of nitrogens with zero attached hydrogens (tertiary/aromatic N) is 3. The van der Waals surface area contributed by atoms with Crippen LogP contribution in [0.1, 0.15) is 29.1 Å². The van der Waals surface area contributed by atoms with Crippen molar-refractivity contribution in [1.29, 1.82) is 0 Å². The summed E-state index contributed by atoms with van der Waals surface area (Å²) in [6.45, 7) is 0.00986. The van der Waals surface area contributed by atoms with Crippen LogP contribution < -0.4 is 5.32 Å². The fourth-order valence-corrected chi connectivity index (χ4v) is 5.19. The number of hydrogen-bond donors (Lipinski definition) is 1. The Hall–Kier alpha value is -3.05. The molecule has 150 valence electrons. The van der Waals surface area contributed by atoms with E-state index in [9.17, 15) is 18.0 Å². The number of nitrogens with one attached hydrogen (secondary N) is 1. The van der Waals surface area contributed by atoms with Crippen LogP contribution in [-0.2, 0) is 21.4 Å². The topological polar surface area (TPSA) is 122 Å². The van der Waals surface area contributed by atoms with Gasteiger partial charge in [-0.1, -0.05) is 23.4 Å². The number of carbonyl (C=O) groups is 2. The molecule has 29 heavy (non-hydrogen) atoms. The minimum atomic E-state index is -3.85. The van der Waals surface area contributed by atoms with Gasteiger partial charge >= 0.3 is 0 Å². The summed E-state index contributed by atoms with van der Waals surface area (Å²) in [4.78, 5) is 29.4. The zero-order chi connectivity index (χ0) is 20.4. The predicted molar refractivity (Wildman–Crippen MR) is 103 cm³/mol. The maximum absolute atomic E-state index is 12.5. The van der Waals surface area contributed by atoms with Gasteiger partial charge in [0.25, 0.3) is 15.9 Å². The molecule has 1 N–H and O–H groups in total. The molecule has 4 rings (SSSR count). The number of fused-ring (bicyclic) bond motifs is 1. The van der Waals surface area contributed by atoms with Crippen LogP contribution in [-0.4, -0.2) is 41.2 Å². The number of amides is 2. The van der Waals surface area contributed by atoms with Crippen molar-refractivity contribution in [2.45, 2.75) is 24.3 Å². The molecule has 2 aromatic heterocycles. The lowest BCUT2D eigenvalue weighted by Gasteiger charge is -2.14. The van der Waals surface area contributed by atoms with E-state index in [1.165, 1.54) is 23.5 Å². The summed E-state index contributed by atoms with van der Waals surface area (Å²) in [6, 6.07) is 9.82. The molecule has 0 aliphatic carbocycles. The molecule has 0 atom stereocenters. The fourth-order valence-electron chi connectivity index (χ4n) is 2.93. The average molecular weight is 432 g/mol. The third kappa shape index (κ3) is 3.78. The van der Waals surface area contributed by atoms with Crippen molar-refractivity contribution >= 4 is 33.2 Å². The molecule has 0 spiro atoms. The van der Waals surface area contributed by atoms with E-state index in [1.807, 2.05) is 17.5 Å². The van der Waals surface area contributed by atoms with Gasteiger partial charge < -0.3 is 9.84 Å². The SMILES string of the molecule is O=C(CCCN1C(=O)c2ccccc2S1(=O)=O)NCc1nc(-c2cccs2)no1. The van der Waals surface area contributed by atoms with E-state index in [0.29, 0.717) is 5.82 Å². The molecule has 1 aliphatic rings. The van der Waals surface area contributed by atoms with Crippen LogP contribution in [0.25, 0.3) is 10.7 Å². The summed E-state index contributed by atoms with van der Waals surface area (Å²) in [5, 5.41) is 8.40. The fraction of sp³-hybridized carbons (Fsp3) is 0.222. The number of rotatable bonds is 7. The first-order valence-corrected chi connectivity index (χ1v) is 11.1. The van der Waals surface area contributed by atoms with Crippen LogP contribution in [0.5, 0.6) is 0 Å². The Balaban J connectivity index is 1.27. The highest BCUT2D eigenvalue weighted by Crippen LogP contribution is 2.30. The predicted octanol–water partition coefficient (Wildman–Crippen LogP) is 2.04. The Labute approximate surface area is 170 Å². The van der Waals surface area contributed by atoms with Gasteiger partial charge in [0.1, 0.15) is 4.90 Å². The van der Waals surface area contributed by atoms with Crippen molar-refractivity contribution in [2.75, 3.05) is 6.54 Å². The minimum Gasteiger partial charge on any atom is -0.347 e. The molecule has 0 saturated heterocycles. The standard InChI is InChI=1S/C18H16N4O5S2/c23-15(19-11-16-20-17(21-27-16)13-6-4-10-28-13)8-3-9-22-18(24)12-5-1-2-7-14(12)29(22,25)26/h1-2,4-7,10H,3,8-9,11H2,(H,19,23). The first-order valence-electron chi connectivity index (χ1n) is 8.76. The number of sulfonamides is 1. The van der Waals surface area contributed by atoms with Gasteiger partial charge in [-0.05, 0) is 30.0 Å². The highest BCUT2D eigenvalue weighted by atomic mass is 32.2. The summed E-state index contributed by atoms with van der Waals surface area (Å²) < 4.78 is 30.8. The normalized spacial score (nSPS) is 14.8. The van der Waals surface area contributed by atoms with E-state index < -0.39 is 15.9 Å². The second-order valence-electron chi connectivity index (χ2n) is 6.25. The summed E-state index contributed by atoms with van der Waals surface area (Å²) in [7, 11) is -3.85. The molecule has 0 bridgehead atoms. The van der Waals surface area contributed by atoms with Crippen molar-refractivity contribution in [3.05, 3.63) is 53.2 Å². The van der Waals surface area contributed by atoms with Gasteiger partial charge in [-0.3, -0.25) is 9.59 Å². The van der Waals surface area contributed by atoms with Gasteiger partial charge in [-0.15, -0.1) is 11.3 Å². The molecule has 1 aromatic carbocycles. The first-order chi connectivity index (χ1) is 14.0. The van der Waals surface area contributed by atoms with Gasteiger partial charge in [0.05, 0.1) is 17.0 Å². The zero-order valence-electron chi connectivity index (χ0n) is 15.1. The minimum absolute atomic E-state index is 0.00684. The molecule has 3 aromatic rings. The molecular formula is C18H16N4O5S2. The third-order valence-electron chi connectivity index (χ3n) is 4.32. The van der Waals surface area contributed by atoms with Crippen LogP contribution in [0.2, 0.25) is 0 Å². The van der Waals surface area contributed by atoms with E-state index in [2.05, 4.69) is 15.5 Å². The Morgan fingerprint density at radius 3 is 2.79 bits per heavy atom. The van der Waals surface area contributed by atoms with E-state index in [0.717, 1.165) is 9.18 Å². The average Bonchev–Trinajstić information content (AvgIpc) is 3.43. The second-order valence-corrected chi connectivity index (χ2v) is 9.03. The van der Waals surface area contributed by atoms with Crippen LogP contribution >= 0.6 is 11.3 Å². The number of hydrogen-bond acceptors (Lipinski definition) is 8. The lowest BCUT2D eigenvalue weighted by atomic mass is 10.2. The van der Waals surface area contributed by atoms with Crippen molar-refractivity contribution in [1.82, 2.24) is 19.8 Å². The summed E-state index contributed by atoms with van der Waals surface area (Å²) in [5.74, 6) is -0.133. The number of aromatic nitrogens is 2. The third-order valence-corrected chi connectivity index (χ3v) is 7.03. The molecular weight excluding hydrogens is 416 g/mol. The molecule has 1 aliphatic heterocycles. The van der Waals surface area contributed by atoms with Crippen molar-refractivity contribution in [3.8, 4) is 10.7 Å². The molecule has 9 nitrogen and oxygen atoms in total. The molecule has 0 saturated carbocycles. The van der Waals surface area contributed by atoms with E-state index in [-0.39, 0.29) is 48.2 Å². The first kappa shape index (κ1) is 19.3. The largest absolute Gasteiger partial charge is 0.347 e. The number of benzene rings is 1. The smallest absolute Gasteiger partial charge is 0.269 e. The molecule has 11 heteroatoms. The van der Waals surface area contributed by atoms with Gasteiger partial charge in [0.2, 0.25) is 17.6 Å². The van der Waals surface area contributed by atoms with Gasteiger partial charge in [0.15, 0.2) is 0 Å². The van der Waals surface area contributed by atoms with Crippen molar-refractivity contribution in [3.63, 3.8) is 0 Å². The van der Waals surface area contributed by atoms with E-state index >= 15 is 0 Å². The summed E-state index contributed by atoms with van der Waals surface area (Å²) in [6.07, 6.45) is 0.261. The number of carbonyl (C=O) groups excluding carboxylic acids is 2. The van der Waals surface area contributed by atoms with Crippen LogP contribution in [0, 0.1) is 0 Å². The lowest BCUT2D eigenvalue weighted by Crippen LogP contribution is -2.32. The van der Waals surface area contributed by atoms with Gasteiger partial charge in [-0.25, -0.2) is 12.7 Å². The highest BCUT2D eigenvalue weighted by Gasteiger charge is 2.40.